The number of hydrogen-bond donors (Lipinski definition) is 2. The number of amides is 1. The van der Waals surface area contributed by atoms with Crippen LogP contribution in [0.15, 0.2) is 59.0 Å². The van der Waals surface area contributed by atoms with E-state index in [9.17, 15) is 9.59 Å². The van der Waals surface area contributed by atoms with Crippen molar-refractivity contribution in [3.05, 3.63) is 66.1 Å². The summed E-state index contributed by atoms with van der Waals surface area (Å²) in [5.74, 6) is 0.416. The predicted molar refractivity (Wildman–Crippen MR) is 141 cm³/mol. The Morgan fingerprint density at radius 3 is 2.27 bits per heavy atom. The van der Waals surface area contributed by atoms with Gasteiger partial charge in [0.2, 0.25) is 0 Å². The molecule has 1 spiro atoms. The minimum Gasteiger partial charge on any atom is -0.469 e. The number of ether oxygens (including phenoxy) is 1. The fourth-order valence-corrected chi connectivity index (χ4v) is 5.91. The van der Waals surface area contributed by atoms with Crippen LogP contribution in [0.4, 0.5) is 17.4 Å². The van der Waals surface area contributed by atoms with Crippen LogP contribution in [0.3, 0.4) is 0 Å². The summed E-state index contributed by atoms with van der Waals surface area (Å²) in [6.07, 6.45) is 10.2. The third kappa shape index (κ3) is 6.18. The van der Waals surface area contributed by atoms with Crippen molar-refractivity contribution in [2.45, 2.75) is 63.7 Å². The van der Waals surface area contributed by atoms with Gasteiger partial charge in [0.15, 0.2) is 0 Å². The molecule has 3 aromatic rings. The van der Waals surface area contributed by atoms with E-state index in [2.05, 4.69) is 33.0 Å². The predicted octanol–water partition coefficient (Wildman–Crippen LogP) is 6.46. The maximum Gasteiger partial charge on any atom is 0.320 e. The van der Waals surface area contributed by atoms with Crippen LogP contribution < -0.4 is 10.6 Å². The number of methoxy groups -OCH3 is 1. The smallest absolute Gasteiger partial charge is 0.320 e. The van der Waals surface area contributed by atoms with E-state index in [1.54, 1.807) is 0 Å². The van der Waals surface area contributed by atoms with E-state index in [1.807, 2.05) is 42.5 Å². The van der Waals surface area contributed by atoms with Crippen molar-refractivity contribution in [2.75, 3.05) is 17.7 Å². The summed E-state index contributed by atoms with van der Waals surface area (Å²) < 4.78 is 10.3. The molecule has 2 fully saturated rings. The Bertz CT molecular complexity index is 1190. The number of esters is 1. The number of rotatable bonds is 7. The van der Waals surface area contributed by atoms with Gasteiger partial charge in [-0.15, -0.1) is 5.10 Å². The number of para-hydroxylation sites is 1. The molecule has 0 atom stereocenters. The second-order valence-corrected chi connectivity index (χ2v) is 10.5. The Morgan fingerprint density at radius 2 is 1.59 bits per heavy atom. The van der Waals surface area contributed by atoms with Crippen molar-refractivity contribution in [3.8, 4) is 0 Å². The van der Waals surface area contributed by atoms with E-state index in [1.165, 1.54) is 51.2 Å². The molecule has 0 aliphatic heterocycles. The number of benzene rings is 2. The molecule has 2 aliphatic carbocycles. The summed E-state index contributed by atoms with van der Waals surface area (Å²) in [7, 11) is 1.47. The highest BCUT2D eigenvalue weighted by Gasteiger charge is 2.39. The van der Waals surface area contributed by atoms with Gasteiger partial charge in [0.25, 0.3) is 0 Å². The SMILES string of the molecule is COC(=O)CC1CCC2(CC1)CCC(c1ccc(NC(=O)c3nnc(Nc4ccccc4)o3)cc1)CC2. The molecule has 1 amide bonds. The molecule has 2 saturated carbocycles. The molecule has 2 N–H and O–H groups in total. The van der Waals surface area contributed by atoms with Crippen molar-refractivity contribution in [1.82, 2.24) is 10.2 Å². The van der Waals surface area contributed by atoms with Gasteiger partial charge in [-0.3, -0.25) is 9.59 Å². The van der Waals surface area contributed by atoms with Crippen molar-refractivity contribution in [2.24, 2.45) is 11.3 Å². The Labute approximate surface area is 217 Å². The van der Waals surface area contributed by atoms with Crippen LogP contribution in [0, 0.1) is 11.3 Å². The van der Waals surface area contributed by atoms with Crippen LogP contribution in [0.25, 0.3) is 0 Å². The maximum atomic E-state index is 12.6. The molecule has 0 unspecified atom stereocenters. The molecule has 2 aromatic carbocycles. The van der Waals surface area contributed by atoms with Gasteiger partial charge in [-0.2, -0.15) is 0 Å². The Hall–Kier alpha value is -3.68. The van der Waals surface area contributed by atoms with Gasteiger partial charge in [0, 0.05) is 17.8 Å². The fraction of sp³-hybridized carbons (Fsp3) is 0.448. The van der Waals surface area contributed by atoms with E-state index >= 15 is 0 Å². The van der Waals surface area contributed by atoms with Crippen LogP contribution in [0.5, 0.6) is 0 Å². The van der Waals surface area contributed by atoms with E-state index in [0.29, 0.717) is 29.4 Å². The van der Waals surface area contributed by atoms with Gasteiger partial charge in [-0.05, 0) is 98.4 Å². The Balaban J connectivity index is 1.10. The van der Waals surface area contributed by atoms with Gasteiger partial charge in [0.1, 0.15) is 0 Å². The zero-order valence-electron chi connectivity index (χ0n) is 21.2. The second kappa shape index (κ2) is 11.2. The Kier molecular flexibility index (Phi) is 7.53. The van der Waals surface area contributed by atoms with Crippen molar-refractivity contribution in [1.29, 1.82) is 0 Å². The summed E-state index contributed by atoms with van der Waals surface area (Å²) in [5, 5.41) is 13.6. The van der Waals surface area contributed by atoms with Gasteiger partial charge in [-0.1, -0.05) is 35.4 Å². The number of aromatic nitrogens is 2. The minimum atomic E-state index is -0.441. The van der Waals surface area contributed by atoms with Crippen molar-refractivity contribution < 1.29 is 18.7 Å². The first-order valence-electron chi connectivity index (χ1n) is 13.2. The van der Waals surface area contributed by atoms with Gasteiger partial charge in [0.05, 0.1) is 7.11 Å². The van der Waals surface area contributed by atoms with Crippen LogP contribution >= 0.6 is 0 Å². The van der Waals surface area contributed by atoms with E-state index in [4.69, 9.17) is 9.15 Å². The number of hydrogen-bond acceptors (Lipinski definition) is 7. The van der Waals surface area contributed by atoms with Gasteiger partial charge in [-0.25, -0.2) is 0 Å². The molecule has 194 valence electrons. The van der Waals surface area contributed by atoms with E-state index < -0.39 is 5.91 Å². The lowest BCUT2D eigenvalue weighted by molar-refractivity contribution is -0.142. The second-order valence-electron chi connectivity index (χ2n) is 10.5. The summed E-state index contributed by atoms with van der Waals surface area (Å²) in [6, 6.07) is 17.7. The highest BCUT2D eigenvalue weighted by atomic mass is 16.5. The molecular weight excluding hydrogens is 468 g/mol. The lowest BCUT2D eigenvalue weighted by Gasteiger charge is -2.45. The molecular formula is C29H34N4O4. The largest absolute Gasteiger partial charge is 0.469 e. The molecule has 8 nitrogen and oxygen atoms in total. The first kappa shape index (κ1) is 25.0. The van der Waals surface area contributed by atoms with Crippen molar-refractivity contribution >= 4 is 29.3 Å². The third-order valence-electron chi connectivity index (χ3n) is 8.18. The Morgan fingerprint density at radius 1 is 0.919 bits per heavy atom. The zero-order valence-corrected chi connectivity index (χ0v) is 21.2. The molecule has 1 aromatic heterocycles. The number of nitrogens with zero attached hydrogens (tertiary/aromatic N) is 2. The normalized spacial score (nSPS) is 23.4. The monoisotopic (exact) mass is 502 g/mol. The quantitative estimate of drug-likeness (QED) is 0.357. The first-order valence-corrected chi connectivity index (χ1v) is 13.2. The molecule has 0 saturated heterocycles. The first-order chi connectivity index (χ1) is 18.0. The molecule has 37 heavy (non-hydrogen) atoms. The van der Waals surface area contributed by atoms with Crippen LogP contribution in [0.1, 0.15) is 80.0 Å². The maximum absolute atomic E-state index is 12.6. The van der Waals surface area contributed by atoms with Crippen molar-refractivity contribution in [3.63, 3.8) is 0 Å². The number of anilines is 3. The van der Waals surface area contributed by atoms with Crippen LogP contribution in [0.2, 0.25) is 0 Å². The minimum absolute atomic E-state index is 0.0776. The lowest BCUT2D eigenvalue weighted by atomic mass is 9.60. The summed E-state index contributed by atoms with van der Waals surface area (Å²) in [6.45, 7) is 0. The highest BCUT2D eigenvalue weighted by Crippen LogP contribution is 2.52. The molecule has 2 aliphatic rings. The summed E-state index contributed by atoms with van der Waals surface area (Å²) >= 11 is 0. The third-order valence-corrected chi connectivity index (χ3v) is 8.18. The summed E-state index contributed by atoms with van der Waals surface area (Å²) in [4.78, 5) is 24.2. The fourth-order valence-electron chi connectivity index (χ4n) is 5.91. The topological polar surface area (TPSA) is 106 Å². The molecule has 5 rings (SSSR count). The number of carbonyl (C=O) groups excluding carboxylic acids is 2. The van der Waals surface area contributed by atoms with Gasteiger partial charge >= 0.3 is 23.8 Å². The molecule has 1 heterocycles. The van der Waals surface area contributed by atoms with Crippen LogP contribution in [-0.2, 0) is 9.53 Å². The summed E-state index contributed by atoms with van der Waals surface area (Å²) in [5.41, 5.74) is 3.27. The average molecular weight is 503 g/mol. The number of nitrogens with one attached hydrogen (secondary N) is 2. The lowest BCUT2D eigenvalue weighted by Crippen LogP contribution is -2.32. The molecule has 0 bridgehead atoms. The van der Waals surface area contributed by atoms with Gasteiger partial charge < -0.3 is 19.8 Å². The van der Waals surface area contributed by atoms with E-state index in [0.717, 1.165) is 18.5 Å². The standard InChI is InChI=1S/C29H34N4O4/c1-36-25(34)19-20-11-15-29(16-12-20)17-13-22(14-18-29)21-7-9-24(10-8-21)30-26(35)27-32-33-28(37-27)31-23-5-3-2-4-6-23/h2-10,20,22H,11-19H2,1H3,(H,30,35)(H,31,33). The number of carbonyl (C=O) groups is 2. The molecule has 0 radical (unpaired) electrons. The van der Waals surface area contributed by atoms with E-state index in [-0.39, 0.29) is 17.9 Å². The van der Waals surface area contributed by atoms with Crippen LogP contribution in [-0.4, -0.2) is 29.2 Å². The zero-order chi connectivity index (χ0) is 25.7. The highest BCUT2D eigenvalue weighted by molar-refractivity contribution is 6.00. The molecule has 8 heteroatoms. The average Bonchev–Trinajstić information content (AvgIpc) is 3.40.